The highest BCUT2D eigenvalue weighted by atomic mass is 35.5. The maximum absolute atomic E-state index is 6.13. The fourth-order valence-electron chi connectivity index (χ4n) is 3.01. The van der Waals surface area contributed by atoms with Gasteiger partial charge >= 0.3 is 0 Å². The Bertz CT molecular complexity index is 356. The molecule has 1 aliphatic carbocycles. The van der Waals surface area contributed by atoms with Gasteiger partial charge in [0.25, 0.3) is 0 Å². The van der Waals surface area contributed by atoms with Crippen molar-refractivity contribution in [3.63, 3.8) is 0 Å². The normalized spacial score (nSPS) is 18.8. The third-order valence-electron chi connectivity index (χ3n) is 4.15. The predicted molar refractivity (Wildman–Crippen MR) is 80.7 cm³/mol. The maximum atomic E-state index is 6.13. The summed E-state index contributed by atoms with van der Waals surface area (Å²) in [6, 6.07) is 8.17. The first-order valence-corrected chi connectivity index (χ1v) is 8.02. The molecule has 0 aliphatic heterocycles. The molecule has 1 fully saturated rings. The summed E-state index contributed by atoms with van der Waals surface area (Å²) in [4.78, 5) is 0. The van der Waals surface area contributed by atoms with Crippen LogP contribution in [0.3, 0.4) is 0 Å². The number of hydrogen-bond acceptors (Lipinski definition) is 0. The monoisotopic (exact) mass is 284 g/mol. The first-order valence-electron chi connectivity index (χ1n) is 7.11. The van der Waals surface area contributed by atoms with E-state index in [0.717, 1.165) is 10.9 Å². The molecule has 0 heterocycles. The van der Waals surface area contributed by atoms with E-state index >= 15 is 0 Å². The van der Waals surface area contributed by atoms with Crippen LogP contribution >= 0.6 is 23.2 Å². The van der Waals surface area contributed by atoms with Crippen LogP contribution < -0.4 is 0 Å². The number of hydrogen-bond donors (Lipinski definition) is 0. The van der Waals surface area contributed by atoms with Crippen molar-refractivity contribution in [1.29, 1.82) is 0 Å². The second-order valence-electron chi connectivity index (χ2n) is 5.49. The molecule has 0 radical (unpaired) electrons. The van der Waals surface area contributed by atoms with Gasteiger partial charge in [-0.2, -0.15) is 0 Å². The Kier molecular flexibility index (Phi) is 5.85. The molecule has 0 saturated heterocycles. The largest absolute Gasteiger partial charge is 0.126 e. The fraction of sp³-hybridized carbons (Fsp3) is 0.625. The second kappa shape index (κ2) is 7.40. The molecule has 1 aromatic rings. The minimum absolute atomic E-state index is 0.465. The number of halogens is 2. The van der Waals surface area contributed by atoms with Crippen molar-refractivity contribution >= 4 is 23.2 Å². The van der Waals surface area contributed by atoms with Gasteiger partial charge in [-0.1, -0.05) is 55.8 Å². The molecule has 0 amide bonds. The van der Waals surface area contributed by atoms with Crippen molar-refractivity contribution in [3.8, 4) is 0 Å². The van der Waals surface area contributed by atoms with Crippen molar-refractivity contribution < 1.29 is 0 Å². The maximum Gasteiger partial charge on any atom is 0.0408 e. The summed E-state index contributed by atoms with van der Waals surface area (Å²) in [5.74, 6) is 2.10. The molecule has 2 rings (SSSR count). The second-order valence-corrected chi connectivity index (χ2v) is 6.23. The van der Waals surface area contributed by atoms with Crippen molar-refractivity contribution in [2.75, 3.05) is 5.88 Å². The van der Waals surface area contributed by atoms with E-state index in [-0.39, 0.29) is 0 Å². The van der Waals surface area contributed by atoms with Gasteiger partial charge in [-0.25, -0.2) is 0 Å². The summed E-state index contributed by atoms with van der Waals surface area (Å²) in [6.07, 6.45) is 9.65. The highest BCUT2D eigenvalue weighted by Crippen LogP contribution is 2.32. The molecule has 0 spiro atoms. The van der Waals surface area contributed by atoms with Crippen molar-refractivity contribution in [1.82, 2.24) is 0 Å². The van der Waals surface area contributed by atoms with Crippen LogP contribution in [0.5, 0.6) is 0 Å². The van der Waals surface area contributed by atoms with E-state index in [4.69, 9.17) is 23.2 Å². The lowest BCUT2D eigenvalue weighted by molar-refractivity contribution is 0.326. The van der Waals surface area contributed by atoms with E-state index in [1.165, 1.54) is 50.5 Å². The lowest BCUT2D eigenvalue weighted by Gasteiger charge is -2.23. The third kappa shape index (κ3) is 4.17. The Morgan fingerprint density at radius 3 is 2.61 bits per heavy atom. The Hall–Kier alpha value is -0.200. The van der Waals surface area contributed by atoms with E-state index < -0.39 is 0 Å². The van der Waals surface area contributed by atoms with Gasteiger partial charge in [-0.05, 0) is 42.4 Å². The molecule has 1 unspecified atom stereocenters. The Morgan fingerprint density at radius 1 is 1.17 bits per heavy atom. The van der Waals surface area contributed by atoms with Gasteiger partial charge in [0.05, 0.1) is 0 Å². The molecular formula is C16H22Cl2. The lowest BCUT2D eigenvalue weighted by Crippen LogP contribution is -2.09. The van der Waals surface area contributed by atoms with Gasteiger partial charge in [0, 0.05) is 10.9 Å². The molecular weight excluding hydrogens is 263 g/mol. The number of alkyl halides is 1. The van der Waals surface area contributed by atoms with Crippen LogP contribution in [0.25, 0.3) is 0 Å². The zero-order valence-electron chi connectivity index (χ0n) is 10.9. The van der Waals surface area contributed by atoms with Crippen LogP contribution in [0.1, 0.15) is 56.4 Å². The highest BCUT2D eigenvalue weighted by molar-refractivity contribution is 6.30. The van der Waals surface area contributed by atoms with Gasteiger partial charge in [-0.15, -0.1) is 11.6 Å². The quantitative estimate of drug-likeness (QED) is 0.580. The van der Waals surface area contributed by atoms with Crippen molar-refractivity contribution in [3.05, 3.63) is 34.9 Å². The molecule has 0 bridgehead atoms. The standard InChI is InChI=1S/C16H22Cl2/c17-12-15(14-7-4-8-16(18)11-14)10-9-13-5-2-1-3-6-13/h4,7-8,11,13,15H,1-3,5-6,9-10,12H2. The summed E-state index contributed by atoms with van der Waals surface area (Å²) in [7, 11) is 0. The van der Waals surface area contributed by atoms with E-state index in [9.17, 15) is 0 Å². The molecule has 1 aromatic carbocycles. The first-order chi connectivity index (χ1) is 8.79. The zero-order chi connectivity index (χ0) is 12.8. The lowest BCUT2D eigenvalue weighted by atomic mass is 9.83. The topological polar surface area (TPSA) is 0 Å². The number of benzene rings is 1. The molecule has 18 heavy (non-hydrogen) atoms. The van der Waals surface area contributed by atoms with E-state index in [1.54, 1.807) is 0 Å². The zero-order valence-corrected chi connectivity index (χ0v) is 12.4. The summed E-state index contributed by atoms with van der Waals surface area (Å²) in [5, 5.41) is 0.820. The van der Waals surface area contributed by atoms with Gasteiger partial charge in [0.2, 0.25) is 0 Å². The highest BCUT2D eigenvalue weighted by Gasteiger charge is 2.17. The molecule has 0 nitrogen and oxygen atoms in total. The molecule has 1 aliphatic rings. The third-order valence-corrected chi connectivity index (χ3v) is 4.76. The number of rotatable bonds is 5. The van der Waals surface area contributed by atoms with E-state index in [0.29, 0.717) is 11.8 Å². The van der Waals surface area contributed by atoms with Crippen molar-refractivity contribution in [2.24, 2.45) is 5.92 Å². The van der Waals surface area contributed by atoms with Gasteiger partial charge in [0.1, 0.15) is 0 Å². The Balaban J connectivity index is 1.88. The van der Waals surface area contributed by atoms with Gasteiger partial charge < -0.3 is 0 Å². The molecule has 2 heteroatoms. The van der Waals surface area contributed by atoms with Crippen LogP contribution in [-0.4, -0.2) is 5.88 Å². The van der Waals surface area contributed by atoms with Crippen LogP contribution in [0.15, 0.2) is 24.3 Å². The van der Waals surface area contributed by atoms with Crippen molar-refractivity contribution in [2.45, 2.75) is 50.9 Å². The van der Waals surface area contributed by atoms with Gasteiger partial charge in [0.15, 0.2) is 0 Å². The van der Waals surface area contributed by atoms with Gasteiger partial charge in [-0.3, -0.25) is 0 Å². The summed E-state index contributed by atoms with van der Waals surface area (Å²) in [6.45, 7) is 0. The Labute approximate surface area is 121 Å². The molecule has 1 atom stereocenters. The summed E-state index contributed by atoms with van der Waals surface area (Å²) in [5.41, 5.74) is 1.30. The average Bonchev–Trinajstić information content (AvgIpc) is 2.41. The predicted octanol–water partition coefficient (Wildman–Crippen LogP) is 6.02. The molecule has 0 N–H and O–H groups in total. The fourth-order valence-corrected chi connectivity index (χ4v) is 3.54. The van der Waals surface area contributed by atoms with Crippen LogP contribution in [0.4, 0.5) is 0 Å². The van der Waals surface area contributed by atoms with Crippen LogP contribution in [0, 0.1) is 5.92 Å². The minimum Gasteiger partial charge on any atom is -0.126 e. The van der Waals surface area contributed by atoms with Crippen LogP contribution in [-0.2, 0) is 0 Å². The molecule has 0 aromatic heterocycles. The SMILES string of the molecule is ClCC(CCC1CCCCC1)c1cccc(Cl)c1. The Morgan fingerprint density at radius 2 is 1.94 bits per heavy atom. The van der Waals surface area contributed by atoms with Crippen LogP contribution in [0.2, 0.25) is 5.02 Å². The average molecular weight is 285 g/mol. The summed E-state index contributed by atoms with van der Waals surface area (Å²) < 4.78 is 0. The first kappa shape index (κ1) is 14.2. The minimum atomic E-state index is 0.465. The van der Waals surface area contributed by atoms with E-state index in [2.05, 4.69) is 12.1 Å². The summed E-state index contributed by atoms with van der Waals surface area (Å²) >= 11 is 12.2. The smallest absolute Gasteiger partial charge is 0.0408 e. The molecule has 100 valence electrons. The molecule has 1 saturated carbocycles. The van der Waals surface area contributed by atoms with E-state index in [1.807, 2.05) is 12.1 Å².